The van der Waals surface area contributed by atoms with E-state index in [2.05, 4.69) is 39.8 Å². The molecular weight excluding hydrogens is 1040 g/mol. The van der Waals surface area contributed by atoms with Crippen LogP contribution in [0, 0.1) is 0 Å². The van der Waals surface area contributed by atoms with Crippen LogP contribution in [-0.2, 0) is 45.9 Å². The van der Waals surface area contributed by atoms with Crippen LogP contribution in [0.4, 0.5) is 0 Å². The summed E-state index contributed by atoms with van der Waals surface area (Å²) in [4.78, 5) is 0.0280. The largest absolute Gasteiger partial charge is 2.00 e. The fraction of sp³-hybridized carbons (Fsp3) is 0.643. The smallest absolute Gasteiger partial charge is 0.744 e. The first kappa shape index (κ1) is 59.3. The molecule has 0 aliphatic rings. The Labute approximate surface area is 418 Å². The second kappa shape index (κ2) is 34.4. The SMILES string of the molecule is CCCCCCCCCc1cc(S(=O)(=O)[O-])c(CCCCCCCCC)c2ccccc12.CCCCCCCCCc1cc(S(=O)(=O)[O-])c(CCCCCCCCC)c2ccccc12.[Pb+2]. The Morgan fingerprint density at radius 3 is 0.831 bits per heavy atom. The number of unbranched alkanes of at least 4 members (excludes halogenated alkanes) is 24. The topological polar surface area (TPSA) is 114 Å². The van der Waals surface area contributed by atoms with Gasteiger partial charge in [0, 0.05) is 0 Å². The Kier molecular flexibility index (Phi) is 31.4. The number of benzene rings is 4. The summed E-state index contributed by atoms with van der Waals surface area (Å²) in [6.45, 7) is 8.88. The van der Waals surface area contributed by atoms with E-state index in [0.29, 0.717) is 12.8 Å². The zero-order valence-corrected chi connectivity index (χ0v) is 46.7. The molecule has 4 aromatic rings. The summed E-state index contributed by atoms with van der Waals surface area (Å²) < 4.78 is 73.1. The molecule has 0 atom stereocenters. The number of rotatable bonds is 34. The van der Waals surface area contributed by atoms with Crippen LogP contribution in [0.25, 0.3) is 21.5 Å². The van der Waals surface area contributed by atoms with Gasteiger partial charge in [-0.05, 0) is 107 Å². The molecular formula is C56H86O6PbS2. The Morgan fingerprint density at radius 2 is 0.569 bits per heavy atom. The number of hydrogen-bond acceptors (Lipinski definition) is 6. The molecule has 362 valence electrons. The van der Waals surface area contributed by atoms with Gasteiger partial charge in [-0.25, -0.2) is 16.8 Å². The van der Waals surface area contributed by atoms with Gasteiger partial charge in [-0.1, -0.05) is 230 Å². The molecule has 0 saturated heterocycles. The van der Waals surface area contributed by atoms with Gasteiger partial charge in [0.15, 0.2) is 0 Å². The third kappa shape index (κ3) is 22.4. The molecule has 65 heavy (non-hydrogen) atoms. The second-order valence-corrected chi connectivity index (χ2v) is 21.2. The summed E-state index contributed by atoms with van der Waals surface area (Å²) in [6, 6.07) is 19.5. The van der Waals surface area contributed by atoms with Crippen molar-refractivity contribution in [2.24, 2.45) is 0 Å². The molecule has 0 bridgehead atoms. The average Bonchev–Trinajstić information content (AvgIpc) is 3.27. The Bertz CT molecular complexity index is 1960. The number of fused-ring (bicyclic) bond motifs is 2. The minimum Gasteiger partial charge on any atom is -0.744 e. The molecule has 0 aliphatic heterocycles. The van der Waals surface area contributed by atoms with Crippen LogP contribution in [-0.4, -0.2) is 53.2 Å². The maximum absolute atomic E-state index is 12.2. The summed E-state index contributed by atoms with van der Waals surface area (Å²) >= 11 is 0. The van der Waals surface area contributed by atoms with Crippen molar-refractivity contribution < 1.29 is 25.9 Å². The van der Waals surface area contributed by atoms with Gasteiger partial charge >= 0.3 is 27.3 Å². The van der Waals surface area contributed by atoms with E-state index in [1.807, 2.05) is 36.4 Å². The van der Waals surface area contributed by atoms with E-state index in [1.54, 1.807) is 12.1 Å². The van der Waals surface area contributed by atoms with E-state index in [-0.39, 0.29) is 37.1 Å². The molecule has 0 aliphatic carbocycles. The minimum absolute atomic E-state index is 0. The first-order valence-corrected chi connectivity index (χ1v) is 28.8. The second-order valence-electron chi connectivity index (χ2n) is 18.5. The normalized spacial score (nSPS) is 11.8. The predicted octanol–water partition coefficient (Wildman–Crippen LogP) is 16.3. The molecule has 0 aromatic heterocycles. The summed E-state index contributed by atoms with van der Waals surface area (Å²) in [5, 5.41) is 4.13. The van der Waals surface area contributed by atoms with Gasteiger partial charge in [-0.3, -0.25) is 0 Å². The van der Waals surface area contributed by atoms with Crippen LogP contribution in [0.2, 0.25) is 0 Å². The van der Waals surface area contributed by atoms with Gasteiger partial charge in [-0.2, -0.15) is 0 Å². The van der Waals surface area contributed by atoms with Crippen molar-refractivity contribution in [3.63, 3.8) is 0 Å². The molecule has 0 amide bonds. The number of hydrogen-bond donors (Lipinski definition) is 0. The van der Waals surface area contributed by atoms with Crippen molar-refractivity contribution in [1.82, 2.24) is 0 Å². The van der Waals surface area contributed by atoms with Crippen molar-refractivity contribution in [2.75, 3.05) is 0 Å². The molecule has 0 saturated carbocycles. The van der Waals surface area contributed by atoms with Crippen LogP contribution < -0.4 is 0 Å². The molecule has 0 N–H and O–H groups in total. The summed E-state index contributed by atoms with van der Waals surface area (Å²) in [5.74, 6) is 0. The molecule has 2 radical (unpaired) electrons. The maximum atomic E-state index is 12.2. The van der Waals surface area contributed by atoms with E-state index < -0.39 is 20.2 Å². The summed E-state index contributed by atoms with van der Waals surface area (Å²) in [6.07, 6.45) is 36.4. The monoisotopic (exact) mass is 1130 g/mol. The Morgan fingerprint density at radius 1 is 0.338 bits per heavy atom. The van der Waals surface area contributed by atoms with Crippen LogP contribution in [0.3, 0.4) is 0 Å². The molecule has 9 heteroatoms. The average molecular weight is 1130 g/mol. The van der Waals surface area contributed by atoms with Gasteiger partial charge in [-0.15, -0.1) is 0 Å². The van der Waals surface area contributed by atoms with Gasteiger partial charge in [0.1, 0.15) is 20.2 Å². The molecule has 0 fully saturated rings. The van der Waals surface area contributed by atoms with Crippen molar-refractivity contribution >= 4 is 69.1 Å². The third-order valence-corrected chi connectivity index (χ3v) is 14.9. The van der Waals surface area contributed by atoms with E-state index in [0.717, 1.165) is 108 Å². The van der Waals surface area contributed by atoms with Crippen LogP contribution in [0.5, 0.6) is 0 Å². The predicted molar refractivity (Wildman–Crippen MR) is 276 cm³/mol. The van der Waals surface area contributed by atoms with Crippen molar-refractivity contribution in [2.45, 2.75) is 243 Å². The van der Waals surface area contributed by atoms with Crippen molar-refractivity contribution in [3.8, 4) is 0 Å². The molecule has 0 spiro atoms. The van der Waals surface area contributed by atoms with Crippen LogP contribution >= 0.6 is 0 Å². The first-order valence-electron chi connectivity index (χ1n) is 26.0. The van der Waals surface area contributed by atoms with E-state index in [9.17, 15) is 25.9 Å². The standard InChI is InChI=1S/2C28H44O3S.Pb/c2*1-3-5-7-9-11-13-15-19-24-23-28(32(29,30)31)27(26-21-18-17-20-25(24)26)22-16-14-12-10-8-6-4-2;/h2*17-18,20-21,23H,3-16,19,22H2,1-2H3,(H,29,30,31);/q;;+2/p-2. The fourth-order valence-electron chi connectivity index (χ4n) is 9.40. The Hall–Kier alpha value is -1.86. The Balaban J connectivity index is 0.000000440. The van der Waals surface area contributed by atoms with Crippen molar-refractivity contribution in [3.05, 3.63) is 82.9 Å². The van der Waals surface area contributed by atoms with Gasteiger partial charge in [0.25, 0.3) is 0 Å². The van der Waals surface area contributed by atoms with Gasteiger partial charge in [0.05, 0.1) is 9.79 Å². The van der Waals surface area contributed by atoms with E-state index in [1.165, 1.54) is 128 Å². The molecule has 0 heterocycles. The fourth-order valence-corrected chi connectivity index (χ4v) is 11.0. The quantitative estimate of drug-likeness (QED) is 0.0261. The zero-order chi connectivity index (χ0) is 46.5. The van der Waals surface area contributed by atoms with Gasteiger partial charge < -0.3 is 9.11 Å². The summed E-state index contributed by atoms with van der Waals surface area (Å²) in [7, 11) is -9.00. The molecule has 4 rings (SSSR count). The first-order chi connectivity index (χ1) is 31.0. The molecule has 6 nitrogen and oxygen atoms in total. The third-order valence-electron chi connectivity index (χ3n) is 13.1. The molecule has 4 aromatic carbocycles. The van der Waals surface area contributed by atoms with Crippen molar-refractivity contribution in [1.29, 1.82) is 0 Å². The van der Waals surface area contributed by atoms with E-state index >= 15 is 0 Å². The van der Waals surface area contributed by atoms with E-state index in [4.69, 9.17) is 0 Å². The maximum Gasteiger partial charge on any atom is 2.00 e. The van der Waals surface area contributed by atoms with Crippen LogP contribution in [0.15, 0.2) is 70.5 Å². The summed E-state index contributed by atoms with van der Waals surface area (Å²) in [5.41, 5.74) is 3.47. The number of aryl methyl sites for hydroxylation is 4. The minimum atomic E-state index is -4.50. The molecule has 0 unspecified atom stereocenters. The van der Waals surface area contributed by atoms with Gasteiger partial charge in [0.2, 0.25) is 0 Å². The van der Waals surface area contributed by atoms with Crippen LogP contribution in [0.1, 0.15) is 230 Å². The zero-order valence-electron chi connectivity index (χ0n) is 41.2.